The molecule has 1 amide bonds. The van der Waals surface area contributed by atoms with Crippen LogP contribution in [0.2, 0.25) is 0 Å². The maximum Gasteiger partial charge on any atom is 0.334 e. The molecule has 0 atom stereocenters. The van der Waals surface area contributed by atoms with Crippen molar-refractivity contribution in [3.63, 3.8) is 0 Å². The minimum absolute atomic E-state index is 0.202. The number of para-hydroxylation sites is 1. The van der Waals surface area contributed by atoms with Crippen LogP contribution in [0.3, 0.4) is 0 Å². The van der Waals surface area contributed by atoms with Gasteiger partial charge in [-0.05, 0) is 31.2 Å². The highest BCUT2D eigenvalue weighted by Gasteiger charge is 2.19. The maximum absolute atomic E-state index is 13.1. The van der Waals surface area contributed by atoms with Gasteiger partial charge in [-0.2, -0.15) is 8.42 Å². The van der Waals surface area contributed by atoms with Gasteiger partial charge in [-0.15, -0.1) is 3.89 Å². The largest absolute Gasteiger partial charge is 0.334 e. The minimum Gasteiger partial charge on any atom is -0.326 e. The summed E-state index contributed by atoms with van der Waals surface area (Å²) in [5.74, 6) is -0.827. The number of carbonyl (C=O) groups excluding carboxylic acids is 1. The van der Waals surface area contributed by atoms with Crippen molar-refractivity contribution in [2.45, 2.75) is 11.8 Å². The number of hydrogen-bond donors (Lipinski definition) is 2. The Morgan fingerprint density at radius 3 is 2.48 bits per heavy atom. The van der Waals surface area contributed by atoms with Gasteiger partial charge in [0.15, 0.2) is 0 Å². The van der Waals surface area contributed by atoms with Crippen molar-refractivity contribution in [2.24, 2.45) is 0 Å². The molecule has 2 rings (SSSR count). The lowest BCUT2D eigenvalue weighted by molar-refractivity contribution is 0.102. The molecule has 0 unspecified atom stereocenters. The molecule has 2 aromatic rings. The van der Waals surface area contributed by atoms with Gasteiger partial charge in [0.2, 0.25) is 0 Å². The minimum atomic E-state index is -4.98. The molecular formula is C13H11FN2O4S. The number of H-pyrrole nitrogens is 1. The Morgan fingerprint density at radius 2 is 1.86 bits per heavy atom. The van der Waals surface area contributed by atoms with E-state index in [0.29, 0.717) is 5.69 Å². The lowest BCUT2D eigenvalue weighted by Crippen LogP contribution is -2.23. The van der Waals surface area contributed by atoms with E-state index in [1.807, 2.05) is 0 Å². The number of pyridine rings is 1. The number of nitrogens with one attached hydrogen (secondary N) is 2. The van der Waals surface area contributed by atoms with Gasteiger partial charge in [0.1, 0.15) is 10.5 Å². The molecule has 6 nitrogen and oxygen atoms in total. The summed E-state index contributed by atoms with van der Waals surface area (Å²) in [6.07, 6.45) is 0. The average Bonchev–Trinajstić information content (AvgIpc) is 2.37. The maximum atomic E-state index is 13.1. The molecule has 1 heterocycles. The van der Waals surface area contributed by atoms with Crippen molar-refractivity contribution in [1.29, 1.82) is 0 Å². The number of benzene rings is 1. The van der Waals surface area contributed by atoms with Crippen LogP contribution in [0.1, 0.15) is 16.1 Å². The number of aromatic amines is 1. The Kier molecular flexibility index (Phi) is 3.90. The van der Waals surface area contributed by atoms with E-state index in [-0.39, 0.29) is 11.3 Å². The van der Waals surface area contributed by atoms with Crippen LogP contribution in [0.15, 0.2) is 46.1 Å². The van der Waals surface area contributed by atoms with E-state index in [9.17, 15) is 21.9 Å². The molecule has 0 bridgehead atoms. The molecule has 0 aliphatic heterocycles. The summed E-state index contributed by atoms with van der Waals surface area (Å²) < 4.78 is 35.1. The number of rotatable bonds is 3. The molecule has 0 radical (unpaired) electrons. The van der Waals surface area contributed by atoms with E-state index in [4.69, 9.17) is 0 Å². The first-order chi connectivity index (χ1) is 9.79. The zero-order valence-corrected chi connectivity index (χ0v) is 11.7. The van der Waals surface area contributed by atoms with Crippen LogP contribution >= 0.6 is 0 Å². The van der Waals surface area contributed by atoms with E-state index in [0.717, 1.165) is 6.07 Å². The molecule has 2 N–H and O–H groups in total. The molecule has 0 fully saturated rings. The second kappa shape index (κ2) is 5.49. The molecule has 0 saturated carbocycles. The molecule has 1 aromatic carbocycles. The highest BCUT2D eigenvalue weighted by molar-refractivity contribution is 7.86. The molecule has 0 aliphatic carbocycles. The predicted octanol–water partition coefficient (Wildman–Crippen LogP) is 1.59. The highest BCUT2D eigenvalue weighted by atomic mass is 32.3. The van der Waals surface area contributed by atoms with E-state index in [2.05, 4.69) is 10.3 Å². The Labute approximate surface area is 119 Å². The Hall–Kier alpha value is -2.48. The molecule has 0 saturated heterocycles. The van der Waals surface area contributed by atoms with E-state index < -0.39 is 26.6 Å². The van der Waals surface area contributed by atoms with Gasteiger partial charge >= 0.3 is 10.2 Å². The highest BCUT2D eigenvalue weighted by Crippen LogP contribution is 2.22. The SMILES string of the molecule is Cc1ccc(C(=O)Nc2ccccc2S(=O)(=O)F)c(=O)[nH]1. The number of amides is 1. The number of aromatic nitrogens is 1. The lowest BCUT2D eigenvalue weighted by atomic mass is 10.2. The third-order valence-electron chi connectivity index (χ3n) is 2.70. The zero-order chi connectivity index (χ0) is 15.6. The molecular weight excluding hydrogens is 299 g/mol. The Morgan fingerprint density at radius 1 is 1.19 bits per heavy atom. The smallest absolute Gasteiger partial charge is 0.326 e. The third kappa shape index (κ3) is 3.34. The first-order valence-electron chi connectivity index (χ1n) is 5.84. The number of halogens is 1. The fourth-order valence-electron chi connectivity index (χ4n) is 1.72. The van der Waals surface area contributed by atoms with Crippen LogP contribution in [0.25, 0.3) is 0 Å². The summed E-state index contributed by atoms with van der Waals surface area (Å²) in [7, 11) is -4.98. The normalized spacial score (nSPS) is 11.1. The van der Waals surface area contributed by atoms with Crippen LogP contribution in [-0.4, -0.2) is 19.3 Å². The molecule has 110 valence electrons. The number of anilines is 1. The van der Waals surface area contributed by atoms with Crippen molar-refractivity contribution < 1.29 is 17.1 Å². The predicted molar refractivity (Wildman–Crippen MR) is 74.5 cm³/mol. The second-order valence-corrected chi connectivity index (χ2v) is 5.59. The van der Waals surface area contributed by atoms with Gasteiger partial charge in [0, 0.05) is 5.69 Å². The van der Waals surface area contributed by atoms with Crippen molar-refractivity contribution in [3.05, 3.63) is 58.0 Å². The van der Waals surface area contributed by atoms with E-state index in [1.165, 1.54) is 30.3 Å². The monoisotopic (exact) mass is 310 g/mol. The fourth-order valence-corrected chi connectivity index (χ4v) is 2.35. The van der Waals surface area contributed by atoms with Crippen LogP contribution in [-0.2, 0) is 10.2 Å². The van der Waals surface area contributed by atoms with E-state index in [1.54, 1.807) is 6.92 Å². The van der Waals surface area contributed by atoms with Gasteiger partial charge in [0.05, 0.1) is 5.69 Å². The molecule has 8 heteroatoms. The van der Waals surface area contributed by atoms with Crippen LogP contribution < -0.4 is 10.9 Å². The van der Waals surface area contributed by atoms with Gasteiger partial charge in [-0.1, -0.05) is 12.1 Å². The zero-order valence-electron chi connectivity index (χ0n) is 10.9. The molecule has 0 spiro atoms. The number of hydrogen-bond acceptors (Lipinski definition) is 4. The van der Waals surface area contributed by atoms with E-state index >= 15 is 0 Å². The third-order valence-corrected chi connectivity index (χ3v) is 3.58. The standard InChI is InChI=1S/C13H11FN2O4S/c1-8-6-7-9(12(17)15-8)13(18)16-10-4-2-3-5-11(10)21(14,19)20/h2-7H,1H3,(H,15,17)(H,16,18). The number of carbonyl (C=O) groups is 1. The summed E-state index contributed by atoms with van der Waals surface area (Å²) in [6, 6.07) is 7.83. The quantitative estimate of drug-likeness (QED) is 0.841. The lowest BCUT2D eigenvalue weighted by Gasteiger charge is -2.08. The summed E-state index contributed by atoms with van der Waals surface area (Å²) >= 11 is 0. The van der Waals surface area contributed by atoms with Gasteiger partial charge < -0.3 is 10.3 Å². The average molecular weight is 310 g/mol. The first-order valence-corrected chi connectivity index (χ1v) is 7.22. The van der Waals surface area contributed by atoms with Crippen molar-refractivity contribution in [1.82, 2.24) is 4.98 Å². The van der Waals surface area contributed by atoms with Crippen molar-refractivity contribution >= 4 is 21.8 Å². The number of aryl methyl sites for hydroxylation is 1. The second-order valence-electron chi connectivity index (χ2n) is 4.27. The van der Waals surface area contributed by atoms with Crippen LogP contribution in [0.4, 0.5) is 9.57 Å². The topological polar surface area (TPSA) is 96.1 Å². The van der Waals surface area contributed by atoms with Crippen LogP contribution in [0, 0.1) is 6.92 Å². The Balaban J connectivity index is 2.39. The summed E-state index contributed by atoms with van der Waals surface area (Å²) in [5.41, 5.74) is -0.479. The van der Waals surface area contributed by atoms with Gasteiger partial charge in [0.25, 0.3) is 11.5 Å². The summed E-state index contributed by atoms with van der Waals surface area (Å²) in [6.45, 7) is 1.65. The molecule has 1 aromatic heterocycles. The Bertz CT molecular complexity index is 858. The summed E-state index contributed by atoms with van der Waals surface area (Å²) in [4.78, 5) is 25.4. The van der Waals surface area contributed by atoms with Crippen molar-refractivity contribution in [2.75, 3.05) is 5.32 Å². The molecule has 21 heavy (non-hydrogen) atoms. The fraction of sp³-hybridized carbons (Fsp3) is 0.0769. The van der Waals surface area contributed by atoms with Crippen LogP contribution in [0.5, 0.6) is 0 Å². The molecule has 0 aliphatic rings. The van der Waals surface area contributed by atoms with Gasteiger partial charge in [-0.3, -0.25) is 9.59 Å². The van der Waals surface area contributed by atoms with Crippen molar-refractivity contribution in [3.8, 4) is 0 Å². The van der Waals surface area contributed by atoms with Gasteiger partial charge in [-0.25, -0.2) is 0 Å². The summed E-state index contributed by atoms with van der Waals surface area (Å²) in [5, 5.41) is 2.22. The first kappa shape index (κ1) is 14.9.